The Bertz CT molecular complexity index is 410. The van der Waals surface area contributed by atoms with Gasteiger partial charge in [-0.15, -0.1) is 0 Å². The second-order valence-corrected chi connectivity index (χ2v) is 5.53. The summed E-state index contributed by atoms with van der Waals surface area (Å²) in [6, 6.07) is 8.93. The minimum absolute atomic E-state index is 0.249. The SMILES string of the molecule is CC(C)(C)c1ccc(/C=C2/C=CCC2)cc1. The summed E-state index contributed by atoms with van der Waals surface area (Å²) in [7, 11) is 0. The predicted molar refractivity (Wildman–Crippen MR) is 71.5 cm³/mol. The second-order valence-electron chi connectivity index (χ2n) is 5.53. The summed E-state index contributed by atoms with van der Waals surface area (Å²) >= 11 is 0. The molecule has 0 atom stereocenters. The van der Waals surface area contributed by atoms with E-state index in [4.69, 9.17) is 0 Å². The van der Waals surface area contributed by atoms with E-state index in [1.54, 1.807) is 0 Å². The van der Waals surface area contributed by atoms with Crippen molar-refractivity contribution in [2.75, 3.05) is 0 Å². The Kier molecular flexibility index (Phi) is 3.00. The summed E-state index contributed by atoms with van der Waals surface area (Å²) in [5.74, 6) is 0. The minimum Gasteiger partial charge on any atom is -0.0839 e. The molecule has 0 unspecified atom stereocenters. The molecule has 0 saturated heterocycles. The molecule has 1 aromatic carbocycles. The summed E-state index contributed by atoms with van der Waals surface area (Å²) in [5, 5.41) is 0. The smallest absolute Gasteiger partial charge is 0.0132 e. The maximum atomic E-state index is 2.29. The fourth-order valence-electron chi connectivity index (χ4n) is 1.98. The van der Waals surface area contributed by atoms with Crippen molar-refractivity contribution < 1.29 is 0 Å². The first kappa shape index (κ1) is 11.2. The molecule has 0 heterocycles. The minimum atomic E-state index is 0.249. The Morgan fingerprint density at radius 3 is 2.25 bits per heavy atom. The van der Waals surface area contributed by atoms with Crippen molar-refractivity contribution >= 4 is 6.08 Å². The van der Waals surface area contributed by atoms with E-state index in [0.29, 0.717) is 0 Å². The normalized spacial score (nSPS) is 18.3. The van der Waals surface area contributed by atoms with Gasteiger partial charge in [-0.3, -0.25) is 0 Å². The topological polar surface area (TPSA) is 0 Å². The molecule has 0 bridgehead atoms. The first-order valence-electron chi connectivity index (χ1n) is 6.03. The Balaban J connectivity index is 2.20. The highest BCUT2D eigenvalue weighted by atomic mass is 14.2. The lowest BCUT2D eigenvalue weighted by Gasteiger charge is -2.18. The van der Waals surface area contributed by atoms with Crippen LogP contribution in [0.15, 0.2) is 42.0 Å². The first-order valence-corrected chi connectivity index (χ1v) is 6.03. The van der Waals surface area contributed by atoms with Crippen LogP contribution in [0.25, 0.3) is 6.08 Å². The summed E-state index contributed by atoms with van der Waals surface area (Å²) in [4.78, 5) is 0. The van der Waals surface area contributed by atoms with Crippen molar-refractivity contribution in [3.63, 3.8) is 0 Å². The Hall–Kier alpha value is -1.30. The zero-order chi connectivity index (χ0) is 11.6. The molecule has 0 heteroatoms. The lowest BCUT2D eigenvalue weighted by molar-refractivity contribution is 0.590. The number of hydrogen-bond acceptors (Lipinski definition) is 0. The van der Waals surface area contributed by atoms with E-state index < -0.39 is 0 Å². The van der Waals surface area contributed by atoms with Gasteiger partial charge in [0.05, 0.1) is 0 Å². The maximum absolute atomic E-state index is 2.29. The summed E-state index contributed by atoms with van der Waals surface area (Å²) < 4.78 is 0. The molecule has 0 radical (unpaired) electrons. The average molecular weight is 212 g/mol. The lowest BCUT2D eigenvalue weighted by atomic mass is 9.86. The Labute approximate surface area is 98.7 Å². The van der Waals surface area contributed by atoms with Gasteiger partial charge in [0.25, 0.3) is 0 Å². The predicted octanol–water partition coefficient (Wildman–Crippen LogP) is 4.72. The van der Waals surface area contributed by atoms with Gasteiger partial charge in [0, 0.05) is 0 Å². The average Bonchev–Trinajstić information content (AvgIpc) is 2.70. The molecule has 0 N–H and O–H groups in total. The van der Waals surface area contributed by atoms with Gasteiger partial charge < -0.3 is 0 Å². The highest BCUT2D eigenvalue weighted by molar-refractivity contribution is 5.57. The quantitative estimate of drug-likeness (QED) is 0.632. The maximum Gasteiger partial charge on any atom is -0.0132 e. The molecular weight excluding hydrogens is 192 g/mol. The van der Waals surface area contributed by atoms with Crippen LogP contribution in [0.1, 0.15) is 44.7 Å². The number of allylic oxidation sites excluding steroid dienone is 3. The van der Waals surface area contributed by atoms with Gasteiger partial charge in [0.15, 0.2) is 0 Å². The first-order chi connectivity index (χ1) is 7.55. The Morgan fingerprint density at radius 2 is 1.75 bits per heavy atom. The molecule has 0 fully saturated rings. The largest absolute Gasteiger partial charge is 0.0839 e. The third-order valence-corrected chi connectivity index (χ3v) is 3.06. The molecule has 2 rings (SSSR count). The molecule has 0 nitrogen and oxygen atoms in total. The molecule has 84 valence electrons. The number of benzene rings is 1. The van der Waals surface area contributed by atoms with Crippen LogP contribution >= 0.6 is 0 Å². The standard InChI is InChI=1S/C16H20/c1-16(2,3)15-10-8-14(9-11-15)12-13-6-4-5-7-13/h4,6,8-12H,5,7H2,1-3H3/b13-12-. The van der Waals surface area contributed by atoms with Crippen LogP contribution in [0, 0.1) is 0 Å². The fraction of sp³-hybridized carbons (Fsp3) is 0.375. The van der Waals surface area contributed by atoms with Crippen molar-refractivity contribution in [3.05, 3.63) is 53.1 Å². The van der Waals surface area contributed by atoms with E-state index in [0.717, 1.165) is 0 Å². The lowest BCUT2D eigenvalue weighted by Crippen LogP contribution is -2.10. The summed E-state index contributed by atoms with van der Waals surface area (Å²) in [6.07, 6.45) is 9.16. The van der Waals surface area contributed by atoms with E-state index in [1.807, 2.05) is 0 Å². The van der Waals surface area contributed by atoms with Crippen molar-refractivity contribution in [3.8, 4) is 0 Å². The van der Waals surface area contributed by atoms with E-state index >= 15 is 0 Å². The van der Waals surface area contributed by atoms with Gasteiger partial charge in [0.1, 0.15) is 0 Å². The molecule has 0 amide bonds. The van der Waals surface area contributed by atoms with Crippen LogP contribution in [0.4, 0.5) is 0 Å². The molecular formula is C16H20. The molecule has 0 saturated carbocycles. The van der Waals surface area contributed by atoms with E-state index in [1.165, 1.54) is 29.5 Å². The zero-order valence-corrected chi connectivity index (χ0v) is 10.5. The van der Waals surface area contributed by atoms with Crippen molar-refractivity contribution in [2.24, 2.45) is 0 Å². The van der Waals surface area contributed by atoms with E-state index in [-0.39, 0.29) is 5.41 Å². The van der Waals surface area contributed by atoms with E-state index in [9.17, 15) is 0 Å². The zero-order valence-electron chi connectivity index (χ0n) is 10.5. The summed E-state index contributed by atoms with van der Waals surface area (Å²) in [6.45, 7) is 6.75. The van der Waals surface area contributed by atoms with Crippen molar-refractivity contribution in [1.82, 2.24) is 0 Å². The van der Waals surface area contributed by atoms with Gasteiger partial charge in [0.2, 0.25) is 0 Å². The van der Waals surface area contributed by atoms with Crippen LogP contribution in [0.3, 0.4) is 0 Å². The highest BCUT2D eigenvalue weighted by Gasteiger charge is 2.12. The van der Waals surface area contributed by atoms with Crippen molar-refractivity contribution in [2.45, 2.75) is 39.0 Å². The highest BCUT2D eigenvalue weighted by Crippen LogP contribution is 2.24. The summed E-state index contributed by atoms with van der Waals surface area (Å²) in [5.41, 5.74) is 4.41. The van der Waals surface area contributed by atoms with Crippen LogP contribution < -0.4 is 0 Å². The van der Waals surface area contributed by atoms with Crippen LogP contribution in [-0.4, -0.2) is 0 Å². The van der Waals surface area contributed by atoms with Gasteiger partial charge in [-0.1, -0.05) is 63.3 Å². The van der Waals surface area contributed by atoms with Crippen LogP contribution in [0.5, 0.6) is 0 Å². The van der Waals surface area contributed by atoms with E-state index in [2.05, 4.69) is 63.3 Å². The third kappa shape index (κ3) is 2.63. The molecule has 1 aliphatic carbocycles. The molecule has 0 spiro atoms. The molecule has 1 aromatic rings. The molecule has 0 aliphatic heterocycles. The van der Waals surface area contributed by atoms with Crippen LogP contribution in [0.2, 0.25) is 0 Å². The Morgan fingerprint density at radius 1 is 1.06 bits per heavy atom. The molecule has 1 aliphatic rings. The van der Waals surface area contributed by atoms with Gasteiger partial charge >= 0.3 is 0 Å². The van der Waals surface area contributed by atoms with Gasteiger partial charge in [-0.05, 0) is 35.0 Å². The van der Waals surface area contributed by atoms with Crippen LogP contribution in [-0.2, 0) is 5.41 Å². The monoisotopic (exact) mass is 212 g/mol. The third-order valence-electron chi connectivity index (χ3n) is 3.06. The number of rotatable bonds is 1. The van der Waals surface area contributed by atoms with Crippen molar-refractivity contribution in [1.29, 1.82) is 0 Å². The second kappa shape index (κ2) is 4.29. The molecule has 16 heavy (non-hydrogen) atoms. The van der Waals surface area contributed by atoms with Gasteiger partial charge in [-0.2, -0.15) is 0 Å². The fourth-order valence-corrected chi connectivity index (χ4v) is 1.98. The number of hydrogen-bond donors (Lipinski definition) is 0. The molecule has 0 aromatic heterocycles. The van der Waals surface area contributed by atoms with Gasteiger partial charge in [-0.25, -0.2) is 0 Å².